The molecular formula is C16H19NO. The smallest absolute Gasteiger partial charge is 0.124 e. The minimum Gasteiger partial charge on any atom is -0.494 e. The van der Waals surface area contributed by atoms with Crippen LogP contribution in [0.3, 0.4) is 0 Å². The summed E-state index contributed by atoms with van der Waals surface area (Å²) in [5.74, 6) is 1.02. The summed E-state index contributed by atoms with van der Waals surface area (Å²) < 4.78 is 5.76. The van der Waals surface area contributed by atoms with Gasteiger partial charge in [0.05, 0.1) is 6.61 Å². The number of fused-ring (bicyclic) bond motifs is 1. The second-order valence-electron chi connectivity index (χ2n) is 4.85. The van der Waals surface area contributed by atoms with Crippen LogP contribution in [0.25, 0.3) is 10.8 Å². The highest BCUT2D eigenvalue weighted by Gasteiger charge is 2.21. The van der Waals surface area contributed by atoms with Crippen LogP contribution in [0, 0.1) is 0 Å². The van der Waals surface area contributed by atoms with E-state index in [-0.39, 0.29) is 0 Å². The lowest BCUT2D eigenvalue weighted by Crippen LogP contribution is -2.16. The van der Waals surface area contributed by atoms with E-state index in [1.54, 1.807) is 0 Å². The second-order valence-corrected chi connectivity index (χ2v) is 4.85. The Bertz CT molecular complexity index is 546. The van der Waals surface area contributed by atoms with Crippen molar-refractivity contribution in [2.45, 2.75) is 32.4 Å². The van der Waals surface area contributed by atoms with Gasteiger partial charge in [-0.3, -0.25) is 0 Å². The topological polar surface area (TPSA) is 21.3 Å². The minimum absolute atomic E-state index is 0.717. The van der Waals surface area contributed by atoms with Crippen molar-refractivity contribution in [1.82, 2.24) is 5.32 Å². The molecule has 0 bridgehead atoms. The van der Waals surface area contributed by atoms with Crippen LogP contribution in [0.4, 0.5) is 0 Å². The first kappa shape index (κ1) is 11.5. The molecule has 1 saturated carbocycles. The SMILES string of the molecule is CCOc1ccc2ccccc2c1CNC1CC1. The molecule has 0 atom stereocenters. The van der Waals surface area contributed by atoms with Gasteiger partial charge in [-0.2, -0.15) is 0 Å². The van der Waals surface area contributed by atoms with E-state index < -0.39 is 0 Å². The Balaban J connectivity index is 1.99. The first-order valence-electron chi connectivity index (χ1n) is 6.75. The van der Waals surface area contributed by atoms with Gasteiger partial charge in [-0.25, -0.2) is 0 Å². The normalized spacial score (nSPS) is 14.9. The Kier molecular flexibility index (Phi) is 3.20. The molecule has 2 heteroatoms. The van der Waals surface area contributed by atoms with Crippen molar-refractivity contribution in [3.05, 3.63) is 42.0 Å². The highest BCUT2D eigenvalue weighted by molar-refractivity contribution is 5.87. The zero-order chi connectivity index (χ0) is 12.4. The largest absolute Gasteiger partial charge is 0.494 e. The van der Waals surface area contributed by atoms with Gasteiger partial charge >= 0.3 is 0 Å². The molecule has 0 spiro atoms. The van der Waals surface area contributed by atoms with Crippen molar-refractivity contribution >= 4 is 10.8 Å². The zero-order valence-electron chi connectivity index (χ0n) is 10.8. The molecule has 0 unspecified atom stereocenters. The number of rotatable bonds is 5. The second kappa shape index (κ2) is 4.99. The van der Waals surface area contributed by atoms with Gasteiger partial charge in [0.2, 0.25) is 0 Å². The van der Waals surface area contributed by atoms with Crippen LogP contribution in [0.1, 0.15) is 25.3 Å². The van der Waals surface area contributed by atoms with Crippen LogP contribution in [-0.4, -0.2) is 12.6 Å². The Hall–Kier alpha value is -1.54. The number of benzene rings is 2. The Morgan fingerprint density at radius 1 is 1.17 bits per heavy atom. The van der Waals surface area contributed by atoms with Crippen LogP contribution in [0.15, 0.2) is 36.4 Å². The van der Waals surface area contributed by atoms with Gasteiger partial charge in [-0.05, 0) is 36.6 Å². The van der Waals surface area contributed by atoms with Gasteiger partial charge in [-0.1, -0.05) is 30.3 Å². The van der Waals surface area contributed by atoms with Crippen LogP contribution in [0.2, 0.25) is 0 Å². The first-order chi connectivity index (χ1) is 8.88. The standard InChI is InChI=1S/C16H19NO/c1-2-18-16-10-7-12-5-3-4-6-14(12)15(16)11-17-13-8-9-13/h3-7,10,13,17H,2,8-9,11H2,1H3. The van der Waals surface area contributed by atoms with E-state index in [0.717, 1.165) is 24.9 Å². The molecule has 0 aromatic heterocycles. The molecular weight excluding hydrogens is 222 g/mol. The Morgan fingerprint density at radius 3 is 2.78 bits per heavy atom. The summed E-state index contributed by atoms with van der Waals surface area (Å²) in [6.07, 6.45) is 2.63. The predicted molar refractivity (Wildman–Crippen MR) is 75.0 cm³/mol. The van der Waals surface area contributed by atoms with Gasteiger partial charge in [0.15, 0.2) is 0 Å². The van der Waals surface area contributed by atoms with Crippen molar-refractivity contribution in [3.63, 3.8) is 0 Å². The lowest BCUT2D eigenvalue weighted by atomic mass is 10.0. The molecule has 0 saturated heterocycles. The van der Waals surface area contributed by atoms with Crippen molar-refractivity contribution in [2.75, 3.05) is 6.61 Å². The molecule has 1 fully saturated rings. The summed E-state index contributed by atoms with van der Waals surface area (Å²) >= 11 is 0. The maximum atomic E-state index is 5.76. The van der Waals surface area contributed by atoms with Crippen molar-refractivity contribution in [3.8, 4) is 5.75 Å². The molecule has 0 heterocycles. The highest BCUT2D eigenvalue weighted by Crippen LogP contribution is 2.29. The summed E-state index contributed by atoms with van der Waals surface area (Å²) in [6.45, 7) is 3.66. The summed E-state index contributed by atoms with van der Waals surface area (Å²) in [5, 5.41) is 6.17. The highest BCUT2D eigenvalue weighted by atomic mass is 16.5. The molecule has 1 N–H and O–H groups in total. The van der Waals surface area contributed by atoms with E-state index in [1.165, 1.54) is 29.2 Å². The summed E-state index contributed by atoms with van der Waals surface area (Å²) in [7, 11) is 0. The average Bonchev–Trinajstić information content (AvgIpc) is 3.22. The van der Waals surface area contributed by atoms with Gasteiger partial charge in [0.25, 0.3) is 0 Å². The molecule has 3 rings (SSSR count). The Morgan fingerprint density at radius 2 is 2.00 bits per heavy atom. The summed E-state index contributed by atoms with van der Waals surface area (Å²) in [4.78, 5) is 0. The molecule has 0 amide bonds. The number of nitrogens with one attached hydrogen (secondary N) is 1. The van der Waals surface area contributed by atoms with Crippen LogP contribution < -0.4 is 10.1 Å². The number of hydrogen-bond acceptors (Lipinski definition) is 2. The third kappa shape index (κ3) is 2.34. The van der Waals surface area contributed by atoms with E-state index in [9.17, 15) is 0 Å². The van der Waals surface area contributed by atoms with E-state index in [0.29, 0.717) is 0 Å². The van der Waals surface area contributed by atoms with Crippen LogP contribution in [-0.2, 0) is 6.54 Å². The first-order valence-corrected chi connectivity index (χ1v) is 6.75. The summed E-state index contributed by atoms with van der Waals surface area (Å²) in [6, 6.07) is 13.5. The molecule has 0 radical (unpaired) electrons. The van der Waals surface area contributed by atoms with Gasteiger partial charge in [0, 0.05) is 18.2 Å². The molecule has 1 aliphatic rings. The van der Waals surface area contributed by atoms with E-state index in [4.69, 9.17) is 4.74 Å². The quantitative estimate of drug-likeness (QED) is 0.865. The maximum absolute atomic E-state index is 5.76. The third-order valence-corrected chi connectivity index (χ3v) is 3.44. The monoisotopic (exact) mass is 241 g/mol. The minimum atomic E-state index is 0.717. The summed E-state index contributed by atoms with van der Waals surface area (Å²) in [5.41, 5.74) is 1.29. The fourth-order valence-electron chi connectivity index (χ4n) is 2.32. The van der Waals surface area contributed by atoms with Crippen LogP contribution in [0.5, 0.6) is 5.75 Å². The van der Waals surface area contributed by atoms with Crippen molar-refractivity contribution < 1.29 is 4.74 Å². The molecule has 18 heavy (non-hydrogen) atoms. The molecule has 0 aliphatic heterocycles. The fraction of sp³-hybridized carbons (Fsp3) is 0.375. The lowest BCUT2D eigenvalue weighted by molar-refractivity contribution is 0.336. The fourth-order valence-corrected chi connectivity index (χ4v) is 2.32. The average molecular weight is 241 g/mol. The molecule has 2 aromatic carbocycles. The molecule has 2 aromatic rings. The van der Waals surface area contributed by atoms with Crippen LogP contribution >= 0.6 is 0 Å². The van der Waals surface area contributed by atoms with Gasteiger partial charge in [0.1, 0.15) is 5.75 Å². The molecule has 2 nitrogen and oxygen atoms in total. The van der Waals surface area contributed by atoms with E-state index >= 15 is 0 Å². The lowest BCUT2D eigenvalue weighted by Gasteiger charge is -2.14. The zero-order valence-corrected chi connectivity index (χ0v) is 10.8. The van der Waals surface area contributed by atoms with Gasteiger partial charge < -0.3 is 10.1 Å². The number of ether oxygens (including phenoxy) is 1. The third-order valence-electron chi connectivity index (χ3n) is 3.44. The Labute approximate surface area is 108 Å². The predicted octanol–water partition coefficient (Wildman–Crippen LogP) is 3.49. The van der Waals surface area contributed by atoms with E-state index in [1.807, 2.05) is 6.92 Å². The molecule has 1 aliphatic carbocycles. The van der Waals surface area contributed by atoms with E-state index in [2.05, 4.69) is 41.7 Å². The number of hydrogen-bond donors (Lipinski definition) is 1. The molecule has 94 valence electrons. The maximum Gasteiger partial charge on any atom is 0.124 e. The van der Waals surface area contributed by atoms with Gasteiger partial charge in [-0.15, -0.1) is 0 Å². The van der Waals surface area contributed by atoms with Crippen molar-refractivity contribution in [1.29, 1.82) is 0 Å². The van der Waals surface area contributed by atoms with Crippen molar-refractivity contribution in [2.24, 2.45) is 0 Å².